The number of sulfonamides is 1. The SMILES string of the molecule is CS(=O)(=O)Nc1ccc2c(c1)[C@H]1C[C@@H](CC(=O)NCc3ccccn3)O[C@H](CO)[C@H]1O2. The minimum Gasteiger partial charge on any atom is -0.487 e. The van der Waals surface area contributed by atoms with E-state index in [-0.39, 0.29) is 31.0 Å². The van der Waals surface area contributed by atoms with E-state index in [9.17, 15) is 18.3 Å². The summed E-state index contributed by atoms with van der Waals surface area (Å²) in [7, 11) is -3.41. The van der Waals surface area contributed by atoms with Gasteiger partial charge in [-0.15, -0.1) is 0 Å². The lowest BCUT2D eigenvalue weighted by Gasteiger charge is -2.37. The number of rotatable bonds is 7. The highest BCUT2D eigenvalue weighted by Crippen LogP contribution is 2.47. The zero-order chi connectivity index (χ0) is 22.0. The minimum atomic E-state index is -3.41. The number of aromatic nitrogens is 1. The van der Waals surface area contributed by atoms with E-state index in [4.69, 9.17) is 9.47 Å². The first-order valence-electron chi connectivity index (χ1n) is 10.0. The number of hydrogen-bond donors (Lipinski definition) is 3. The lowest BCUT2D eigenvalue weighted by atomic mass is 9.84. The summed E-state index contributed by atoms with van der Waals surface area (Å²) in [4.78, 5) is 16.6. The van der Waals surface area contributed by atoms with Crippen LogP contribution in [0.5, 0.6) is 5.75 Å². The number of carbonyl (C=O) groups excluding carboxylic acids is 1. The molecule has 0 unspecified atom stereocenters. The summed E-state index contributed by atoms with van der Waals surface area (Å²) < 4.78 is 37.6. The van der Waals surface area contributed by atoms with Crippen LogP contribution in [0.1, 0.15) is 30.0 Å². The predicted molar refractivity (Wildman–Crippen MR) is 113 cm³/mol. The fourth-order valence-corrected chi connectivity index (χ4v) is 4.69. The zero-order valence-electron chi connectivity index (χ0n) is 17.0. The third kappa shape index (κ3) is 5.15. The molecule has 4 rings (SSSR count). The summed E-state index contributed by atoms with van der Waals surface area (Å²) in [5, 5.41) is 12.7. The largest absolute Gasteiger partial charge is 0.487 e. The predicted octanol–water partition coefficient (Wildman–Crippen LogP) is 1.15. The van der Waals surface area contributed by atoms with Crippen molar-refractivity contribution in [2.75, 3.05) is 17.6 Å². The summed E-state index contributed by atoms with van der Waals surface area (Å²) >= 11 is 0. The lowest BCUT2D eigenvalue weighted by molar-refractivity contribution is -0.142. The van der Waals surface area contributed by atoms with Crippen LogP contribution in [0, 0.1) is 0 Å². The first-order chi connectivity index (χ1) is 14.8. The van der Waals surface area contributed by atoms with Crippen molar-refractivity contribution in [2.45, 2.75) is 43.6 Å². The van der Waals surface area contributed by atoms with Crippen LogP contribution in [0.2, 0.25) is 0 Å². The van der Waals surface area contributed by atoms with Gasteiger partial charge in [0.2, 0.25) is 15.9 Å². The van der Waals surface area contributed by atoms with E-state index in [1.54, 1.807) is 24.4 Å². The number of hydrogen-bond acceptors (Lipinski definition) is 7. The standard InChI is InChI=1S/C21H25N3O6S/c1-31(27,28)24-13-5-6-18-16(8-13)17-9-15(29-19(12-25)21(17)30-18)10-20(26)23-11-14-4-2-3-7-22-14/h2-8,15,17,19,21,24-25H,9-12H2,1H3,(H,23,26)/t15-,17+,19+,21-/m0/s1. The number of benzene rings is 1. The number of aliphatic hydroxyl groups is 1. The first-order valence-corrected chi connectivity index (χ1v) is 11.9. The number of amides is 1. The molecule has 1 aromatic heterocycles. The minimum absolute atomic E-state index is 0.115. The van der Waals surface area contributed by atoms with Gasteiger partial charge in [-0.3, -0.25) is 14.5 Å². The van der Waals surface area contributed by atoms with E-state index in [0.717, 1.165) is 17.5 Å². The Morgan fingerprint density at radius 1 is 1.29 bits per heavy atom. The molecule has 0 spiro atoms. The Morgan fingerprint density at radius 2 is 2.13 bits per heavy atom. The molecule has 1 amide bonds. The molecule has 4 atom stereocenters. The van der Waals surface area contributed by atoms with Crippen LogP contribution in [0.25, 0.3) is 0 Å². The molecule has 10 heteroatoms. The molecule has 2 aliphatic heterocycles. The number of carbonyl (C=O) groups is 1. The third-order valence-corrected chi connectivity index (χ3v) is 6.01. The van der Waals surface area contributed by atoms with Crippen LogP contribution in [-0.2, 0) is 26.1 Å². The van der Waals surface area contributed by atoms with Crippen molar-refractivity contribution in [3.05, 3.63) is 53.9 Å². The van der Waals surface area contributed by atoms with Gasteiger partial charge in [0, 0.05) is 23.4 Å². The van der Waals surface area contributed by atoms with E-state index in [2.05, 4.69) is 15.0 Å². The van der Waals surface area contributed by atoms with Gasteiger partial charge in [0.05, 0.1) is 37.6 Å². The number of anilines is 1. The molecule has 0 radical (unpaired) electrons. The van der Waals surface area contributed by atoms with Crippen LogP contribution in [0.3, 0.4) is 0 Å². The molecule has 0 bridgehead atoms. The maximum atomic E-state index is 12.4. The Labute approximate surface area is 180 Å². The summed E-state index contributed by atoms with van der Waals surface area (Å²) in [6.07, 6.45) is 2.06. The van der Waals surface area contributed by atoms with Gasteiger partial charge >= 0.3 is 0 Å². The topological polar surface area (TPSA) is 127 Å². The van der Waals surface area contributed by atoms with Gasteiger partial charge in [-0.05, 0) is 36.8 Å². The number of nitrogens with zero attached hydrogens (tertiary/aromatic N) is 1. The van der Waals surface area contributed by atoms with Crippen molar-refractivity contribution < 1.29 is 27.8 Å². The second-order valence-electron chi connectivity index (χ2n) is 7.83. The Kier molecular flexibility index (Phi) is 6.12. The van der Waals surface area contributed by atoms with Crippen LogP contribution in [0.4, 0.5) is 5.69 Å². The molecule has 3 N–H and O–H groups in total. The molecule has 31 heavy (non-hydrogen) atoms. The highest BCUT2D eigenvalue weighted by Gasteiger charge is 2.46. The second-order valence-corrected chi connectivity index (χ2v) is 9.58. The van der Waals surface area contributed by atoms with E-state index in [0.29, 0.717) is 24.4 Å². The van der Waals surface area contributed by atoms with Crippen LogP contribution in [-0.4, -0.2) is 55.6 Å². The zero-order valence-corrected chi connectivity index (χ0v) is 17.8. The summed E-state index contributed by atoms with van der Waals surface area (Å²) in [5.74, 6) is 0.351. The molecule has 2 aliphatic rings. The fraction of sp³-hybridized carbons (Fsp3) is 0.429. The van der Waals surface area contributed by atoms with Gasteiger partial charge in [0.1, 0.15) is 18.0 Å². The monoisotopic (exact) mass is 447 g/mol. The normalized spacial score (nSPS) is 24.6. The van der Waals surface area contributed by atoms with Crippen LogP contribution < -0.4 is 14.8 Å². The molecule has 3 heterocycles. The van der Waals surface area contributed by atoms with Gasteiger partial charge in [-0.2, -0.15) is 0 Å². The van der Waals surface area contributed by atoms with Gasteiger partial charge in [-0.1, -0.05) is 6.07 Å². The molecular weight excluding hydrogens is 422 g/mol. The number of fused-ring (bicyclic) bond motifs is 3. The Morgan fingerprint density at radius 3 is 2.84 bits per heavy atom. The van der Waals surface area contributed by atoms with Crippen molar-refractivity contribution in [3.63, 3.8) is 0 Å². The molecule has 1 saturated heterocycles. The number of pyridine rings is 1. The molecule has 9 nitrogen and oxygen atoms in total. The summed E-state index contributed by atoms with van der Waals surface area (Å²) in [6.45, 7) is 0.0873. The van der Waals surface area contributed by atoms with E-state index < -0.39 is 22.2 Å². The lowest BCUT2D eigenvalue weighted by Crippen LogP contribution is -2.47. The van der Waals surface area contributed by atoms with Gasteiger partial charge in [-0.25, -0.2) is 8.42 Å². The second kappa shape index (κ2) is 8.81. The maximum absolute atomic E-state index is 12.4. The number of aliphatic hydroxyl groups excluding tert-OH is 1. The van der Waals surface area contributed by atoms with E-state index >= 15 is 0 Å². The van der Waals surface area contributed by atoms with E-state index in [1.807, 2.05) is 18.2 Å². The van der Waals surface area contributed by atoms with Crippen LogP contribution in [0.15, 0.2) is 42.6 Å². The Balaban J connectivity index is 1.45. The molecule has 1 fully saturated rings. The highest BCUT2D eigenvalue weighted by molar-refractivity contribution is 7.92. The van der Waals surface area contributed by atoms with Crippen molar-refractivity contribution in [1.82, 2.24) is 10.3 Å². The number of ether oxygens (including phenoxy) is 2. The van der Waals surface area contributed by atoms with Crippen LogP contribution >= 0.6 is 0 Å². The average molecular weight is 448 g/mol. The number of nitrogens with one attached hydrogen (secondary N) is 2. The Bertz CT molecular complexity index is 1050. The van der Waals surface area contributed by atoms with E-state index in [1.165, 1.54) is 0 Å². The molecule has 0 aliphatic carbocycles. The molecule has 2 aromatic rings. The van der Waals surface area contributed by atoms with Crippen molar-refractivity contribution in [1.29, 1.82) is 0 Å². The molecule has 0 saturated carbocycles. The summed E-state index contributed by atoms with van der Waals surface area (Å²) in [5.41, 5.74) is 2.05. The fourth-order valence-electron chi connectivity index (χ4n) is 4.14. The third-order valence-electron chi connectivity index (χ3n) is 5.41. The maximum Gasteiger partial charge on any atom is 0.229 e. The van der Waals surface area contributed by atoms with Crippen molar-refractivity contribution >= 4 is 21.6 Å². The van der Waals surface area contributed by atoms with Gasteiger partial charge < -0.3 is 19.9 Å². The Hall–Kier alpha value is -2.69. The average Bonchev–Trinajstić information content (AvgIpc) is 3.09. The summed E-state index contributed by atoms with van der Waals surface area (Å²) in [6, 6.07) is 10.6. The van der Waals surface area contributed by atoms with Crippen molar-refractivity contribution in [2.24, 2.45) is 0 Å². The van der Waals surface area contributed by atoms with Crippen molar-refractivity contribution in [3.8, 4) is 5.75 Å². The smallest absolute Gasteiger partial charge is 0.229 e. The quantitative estimate of drug-likeness (QED) is 0.581. The van der Waals surface area contributed by atoms with Gasteiger partial charge in [0.15, 0.2) is 0 Å². The molecule has 166 valence electrons. The molecule has 1 aromatic carbocycles. The first kappa shape index (κ1) is 21.5. The highest BCUT2D eigenvalue weighted by atomic mass is 32.2. The van der Waals surface area contributed by atoms with Gasteiger partial charge in [0.25, 0.3) is 0 Å². The molecular formula is C21H25N3O6S.